The van der Waals surface area contributed by atoms with Gasteiger partial charge in [0.2, 0.25) is 0 Å². The van der Waals surface area contributed by atoms with Crippen LogP contribution in [0.15, 0.2) is 36.7 Å². The minimum absolute atomic E-state index is 0.428. The van der Waals surface area contributed by atoms with Crippen molar-refractivity contribution in [2.75, 3.05) is 0 Å². The van der Waals surface area contributed by atoms with Gasteiger partial charge in [-0.1, -0.05) is 28.9 Å². The molecule has 0 bridgehead atoms. The highest BCUT2D eigenvalue weighted by Crippen LogP contribution is 2.38. The van der Waals surface area contributed by atoms with E-state index in [9.17, 15) is 9.90 Å². The molecule has 10 heteroatoms. The summed E-state index contributed by atoms with van der Waals surface area (Å²) in [6, 6.07) is 7.16. The van der Waals surface area contributed by atoms with Crippen molar-refractivity contribution in [1.29, 1.82) is 0 Å². The highest BCUT2D eigenvalue weighted by molar-refractivity contribution is 6.30. The second kappa shape index (κ2) is 8.57. The summed E-state index contributed by atoms with van der Waals surface area (Å²) in [6.07, 6.45) is 2.41. The molecule has 3 heterocycles. The number of fused-ring (bicyclic) bond motifs is 1. The van der Waals surface area contributed by atoms with Gasteiger partial charge in [-0.2, -0.15) is 5.10 Å². The van der Waals surface area contributed by atoms with Gasteiger partial charge >= 0.3 is 5.97 Å². The second-order valence-corrected chi connectivity index (χ2v) is 9.32. The lowest BCUT2D eigenvalue weighted by Gasteiger charge is -2.27. The molecule has 1 atom stereocenters. The van der Waals surface area contributed by atoms with Crippen LogP contribution in [0.5, 0.6) is 0 Å². The first kappa shape index (κ1) is 22.9. The Hall–Kier alpha value is -3.30. The maximum Gasteiger partial charge on any atom is 0.337 e. The number of hydrogen-bond donors (Lipinski definition) is 1. The molecule has 3 aromatic heterocycles. The normalized spacial score (nSPS) is 12.9. The highest BCUT2D eigenvalue weighted by Gasteiger charge is 2.33. The number of carbonyl (C=O) groups is 1. The average molecular weight is 469 g/mol. The van der Waals surface area contributed by atoms with E-state index in [0.29, 0.717) is 39.6 Å². The molecule has 4 aromatic rings. The minimum atomic E-state index is -1.24. The summed E-state index contributed by atoms with van der Waals surface area (Å²) in [4.78, 5) is 17.0. The Morgan fingerprint density at radius 3 is 2.52 bits per heavy atom. The van der Waals surface area contributed by atoms with Gasteiger partial charge in [0, 0.05) is 40.7 Å². The van der Waals surface area contributed by atoms with E-state index in [0.717, 1.165) is 11.1 Å². The molecule has 1 aromatic carbocycles. The van der Waals surface area contributed by atoms with Crippen LogP contribution in [0.1, 0.15) is 43.7 Å². The van der Waals surface area contributed by atoms with Crippen molar-refractivity contribution in [3.8, 4) is 11.1 Å². The van der Waals surface area contributed by atoms with Crippen LogP contribution < -0.4 is 0 Å². The first-order valence-corrected chi connectivity index (χ1v) is 10.8. The Morgan fingerprint density at radius 1 is 1.24 bits per heavy atom. The van der Waals surface area contributed by atoms with Gasteiger partial charge in [0.1, 0.15) is 5.52 Å². The molecule has 0 aliphatic carbocycles. The summed E-state index contributed by atoms with van der Waals surface area (Å²) in [6.45, 7) is 7.65. The number of hydrogen-bond acceptors (Lipinski definition) is 6. The van der Waals surface area contributed by atoms with Gasteiger partial charge in [-0.25, -0.2) is 14.5 Å². The minimum Gasteiger partial charge on any atom is -0.479 e. The molecule has 33 heavy (non-hydrogen) atoms. The predicted octanol–water partition coefficient (Wildman–Crippen LogP) is 4.18. The van der Waals surface area contributed by atoms with E-state index in [2.05, 4.69) is 15.4 Å². The number of rotatable bonds is 6. The Balaban J connectivity index is 1.97. The molecule has 4 rings (SSSR count). The fourth-order valence-corrected chi connectivity index (χ4v) is 3.88. The van der Waals surface area contributed by atoms with Crippen LogP contribution in [0.25, 0.3) is 22.3 Å². The van der Waals surface area contributed by atoms with Gasteiger partial charge < -0.3 is 9.84 Å². The quantitative estimate of drug-likeness (QED) is 0.452. The number of pyridine rings is 1. The summed E-state index contributed by atoms with van der Waals surface area (Å²) in [5.74, 6) is -1.10. The fraction of sp³-hybridized carbons (Fsp3) is 0.348. The third kappa shape index (κ3) is 4.74. The topological polar surface area (TPSA) is 108 Å². The zero-order valence-electron chi connectivity index (χ0n) is 19.1. The number of halogens is 1. The molecule has 0 saturated carbocycles. The molecule has 0 saturated heterocycles. The Kier molecular flexibility index (Phi) is 5.94. The molecule has 172 valence electrons. The Labute approximate surface area is 196 Å². The number of aryl methyl sites for hydroxylation is 2. The van der Waals surface area contributed by atoms with Crippen molar-refractivity contribution in [1.82, 2.24) is 29.8 Å². The number of ether oxygens (including phenoxy) is 1. The summed E-state index contributed by atoms with van der Waals surface area (Å²) in [5.41, 5.74) is 3.63. The van der Waals surface area contributed by atoms with Crippen molar-refractivity contribution in [3.63, 3.8) is 0 Å². The molecule has 0 amide bonds. The van der Waals surface area contributed by atoms with E-state index in [1.54, 1.807) is 34.6 Å². The molecule has 1 N–H and O–H groups in total. The van der Waals surface area contributed by atoms with Crippen LogP contribution >= 0.6 is 11.6 Å². The van der Waals surface area contributed by atoms with Gasteiger partial charge in [-0.3, -0.25) is 4.68 Å². The van der Waals surface area contributed by atoms with Crippen molar-refractivity contribution < 1.29 is 14.6 Å². The maximum atomic E-state index is 12.3. The van der Waals surface area contributed by atoms with Crippen LogP contribution in [-0.2, 0) is 23.1 Å². The first-order chi connectivity index (χ1) is 15.5. The predicted molar refractivity (Wildman–Crippen MR) is 124 cm³/mol. The molecule has 9 nitrogen and oxygen atoms in total. The Morgan fingerprint density at radius 2 is 1.94 bits per heavy atom. The zero-order chi connectivity index (χ0) is 23.9. The zero-order valence-corrected chi connectivity index (χ0v) is 19.8. The van der Waals surface area contributed by atoms with Gasteiger partial charge in [0.05, 0.1) is 18.3 Å². The lowest BCUT2D eigenvalue weighted by Crippen LogP contribution is -2.28. The van der Waals surface area contributed by atoms with Crippen LogP contribution in [0.4, 0.5) is 0 Å². The summed E-state index contributed by atoms with van der Waals surface area (Å²) in [5, 5.41) is 23.6. The molecule has 0 unspecified atom stereocenters. The van der Waals surface area contributed by atoms with Crippen LogP contribution in [0.2, 0.25) is 5.02 Å². The van der Waals surface area contributed by atoms with Crippen molar-refractivity contribution in [2.24, 2.45) is 7.05 Å². The smallest absolute Gasteiger partial charge is 0.337 e. The molecular weight excluding hydrogens is 444 g/mol. The van der Waals surface area contributed by atoms with Crippen molar-refractivity contribution >= 4 is 28.7 Å². The van der Waals surface area contributed by atoms with Crippen LogP contribution in [-0.4, -0.2) is 46.4 Å². The molecule has 0 radical (unpaired) electrons. The number of benzene rings is 1. The lowest BCUT2D eigenvalue weighted by atomic mass is 9.93. The summed E-state index contributed by atoms with van der Waals surface area (Å²) >= 11 is 6.11. The van der Waals surface area contributed by atoms with Gasteiger partial charge in [-0.15, -0.1) is 5.10 Å². The summed E-state index contributed by atoms with van der Waals surface area (Å²) < 4.78 is 9.37. The van der Waals surface area contributed by atoms with E-state index in [4.69, 9.17) is 21.3 Å². The van der Waals surface area contributed by atoms with Crippen LogP contribution in [0, 0.1) is 6.92 Å². The third-order valence-electron chi connectivity index (χ3n) is 5.06. The van der Waals surface area contributed by atoms with Gasteiger partial charge in [0.25, 0.3) is 0 Å². The van der Waals surface area contributed by atoms with Crippen molar-refractivity contribution in [2.45, 2.75) is 45.9 Å². The maximum absolute atomic E-state index is 12.3. The van der Waals surface area contributed by atoms with E-state index in [-0.39, 0.29) is 0 Å². The molecule has 0 aliphatic rings. The first-order valence-electron chi connectivity index (χ1n) is 10.4. The van der Waals surface area contributed by atoms with E-state index < -0.39 is 17.7 Å². The lowest BCUT2D eigenvalue weighted by molar-refractivity contribution is -0.160. The SMILES string of the molecule is Cc1nc2c(nnn2Cc2cnn(C)c2)c(-c2ccc(Cl)cc2)c1[C@H](OC(C)(C)C)C(=O)O. The number of nitrogens with zero attached hydrogens (tertiary/aromatic N) is 6. The number of aromatic nitrogens is 6. The number of aliphatic carboxylic acids is 1. The van der Waals surface area contributed by atoms with E-state index >= 15 is 0 Å². The molecular formula is C23H25ClN6O3. The Bertz CT molecular complexity index is 1320. The average Bonchev–Trinajstić information content (AvgIpc) is 3.31. The van der Waals surface area contributed by atoms with Gasteiger partial charge in [0.15, 0.2) is 11.8 Å². The van der Waals surface area contributed by atoms with Crippen LogP contribution in [0.3, 0.4) is 0 Å². The fourth-order valence-electron chi connectivity index (χ4n) is 3.76. The van der Waals surface area contributed by atoms with Crippen molar-refractivity contribution in [3.05, 3.63) is 58.5 Å². The largest absolute Gasteiger partial charge is 0.479 e. The standard InChI is InChI=1S/C23H25ClN6O3/c1-13-17(20(22(31)32)33-23(2,3)4)18(15-6-8-16(24)9-7-15)19-21(26-13)30(28-27-19)12-14-10-25-29(5)11-14/h6-11,20H,12H2,1-5H3,(H,31,32)/t20-/m0/s1. The van der Waals surface area contributed by atoms with E-state index in [1.807, 2.05) is 46.1 Å². The summed E-state index contributed by atoms with van der Waals surface area (Å²) in [7, 11) is 1.84. The monoisotopic (exact) mass is 468 g/mol. The highest BCUT2D eigenvalue weighted by atomic mass is 35.5. The molecule has 0 fully saturated rings. The molecule has 0 aliphatic heterocycles. The van der Waals surface area contributed by atoms with Gasteiger partial charge in [-0.05, 0) is 45.4 Å². The number of carboxylic acids is 1. The van der Waals surface area contributed by atoms with E-state index in [1.165, 1.54) is 0 Å². The second-order valence-electron chi connectivity index (χ2n) is 8.88. The number of carboxylic acid groups (broad SMARTS) is 1. The molecule has 0 spiro atoms. The third-order valence-corrected chi connectivity index (χ3v) is 5.31.